The predicted octanol–water partition coefficient (Wildman–Crippen LogP) is -3.80. The largest absolute Gasteiger partial charge is 1.00 e. The Bertz CT molecular complexity index is 347. The second kappa shape index (κ2) is 8.31. The third kappa shape index (κ3) is 4.68. The molecule has 1 amide bonds. The van der Waals surface area contributed by atoms with Gasteiger partial charge >= 0.3 is 29.6 Å². The van der Waals surface area contributed by atoms with E-state index in [1.807, 2.05) is 0 Å². The summed E-state index contributed by atoms with van der Waals surface area (Å²) in [5, 5.41) is 11.6. The molecule has 2 saturated heterocycles. The van der Waals surface area contributed by atoms with Crippen LogP contribution in [0.1, 0.15) is 32.6 Å². The molecule has 3 unspecified atom stereocenters. The van der Waals surface area contributed by atoms with E-state index in [0.29, 0.717) is 6.61 Å². The Labute approximate surface area is 139 Å². The third-order valence-electron chi connectivity index (χ3n) is 3.22. The standard InChI is InChI=1S/C12H19NO6.Na/c1-8(12(15)16)13-10(14)6-9(7-18-13)19-11-4-2-3-5-17-11;/h8-9,11H,2-7H2,1H3,(H,15,16);/q;+1/p-1. The number of rotatable bonds is 4. The molecule has 7 nitrogen and oxygen atoms in total. The van der Waals surface area contributed by atoms with Gasteiger partial charge in [0.25, 0.3) is 0 Å². The van der Waals surface area contributed by atoms with Crippen LogP contribution in [-0.4, -0.2) is 48.6 Å². The van der Waals surface area contributed by atoms with Crippen LogP contribution in [0.4, 0.5) is 0 Å². The van der Waals surface area contributed by atoms with Gasteiger partial charge in [0, 0.05) is 6.61 Å². The van der Waals surface area contributed by atoms with E-state index < -0.39 is 17.9 Å². The number of hydroxylamine groups is 2. The molecular formula is C12H18NNaO6. The quantitative estimate of drug-likeness (QED) is 0.494. The summed E-state index contributed by atoms with van der Waals surface area (Å²) in [6, 6.07) is -1.10. The first-order chi connectivity index (χ1) is 9.08. The van der Waals surface area contributed by atoms with Crippen molar-refractivity contribution in [1.82, 2.24) is 5.06 Å². The van der Waals surface area contributed by atoms with Crippen LogP contribution >= 0.6 is 0 Å². The van der Waals surface area contributed by atoms with E-state index in [1.165, 1.54) is 6.92 Å². The van der Waals surface area contributed by atoms with Crippen molar-refractivity contribution in [2.45, 2.75) is 51.0 Å². The summed E-state index contributed by atoms with van der Waals surface area (Å²) in [4.78, 5) is 27.6. The fraction of sp³-hybridized carbons (Fsp3) is 0.833. The second-order valence-corrected chi connectivity index (χ2v) is 4.77. The van der Waals surface area contributed by atoms with E-state index in [0.717, 1.165) is 24.3 Å². The molecule has 2 aliphatic rings. The van der Waals surface area contributed by atoms with Gasteiger partial charge in [-0.15, -0.1) is 0 Å². The van der Waals surface area contributed by atoms with Gasteiger partial charge in [-0.05, 0) is 26.2 Å². The van der Waals surface area contributed by atoms with Crippen LogP contribution in [0.15, 0.2) is 0 Å². The number of hydrogen-bond donors (Lipinski definition) is 0. The number of amides is 1. The normalized spacial score (nSPS) is 28.6. The summed E-state index contributed by atoms with van der Waals surface area (Å²) in [6.45, 7) is 2.15. The molecule has 2 aliphatic heterocycles. The van der Waals surface area contributed by atoms with Crippen molar-refractivity contribution in [1.29, 1.82) is 0 Å². The van der Waals surface area contributed by atoms with Gasteiger partial charge in [0.1, 0.15) is 6.61 Å². The maximum Gasteiger partial charge on any atom is 1.00 e. The second-order valence-electron chi connectivity index (χ2n) is 4.77. The zero-order valence-corrected chi connectivity index (χ0v) is 13.9. The molecule has 0 aromatic carbocycles. The van der Waals surface area contributed by atoms with Gasteiger partial charge in [-0.3, -0.25) is 9.63 Å². The third-order valence-corrected chi connectivity index (χ3v) is 3.22. The number of carboxylic acids is 1. The minimum atomic E-state index is -1.34. The molecule has 0 spiro atoms. The maximum absolute atomic E-state index is 11.8. The van der Waals surface area contributed by atoms with E-state index in [1.54, 1.807) is 0 Å². The summed E-state index contributed by atoms with van der Waals surface area (Å²) < 4.78 is 11.1. The predicted molar refractivity (Wildman–Crippen MR) is 60.3 cm³/mol. The van der Waals surface area contributed by atoms with Gasteiger partial charge in [-0.1, -0.05) is 0 Å². The van der Waals surface area contributed by atoms with Crippen LogP contribution in [-0.2, 0) is 23.9 Å². The average molecular weight is 295 g/mol. The van der Waals surface area contributed by atoms with E-state index in [4.69, 9.17) is 14.3 Å². The smallest absolute Gasteiger partial charge is 0.548 e. The van der Waals surface area contributed by atoms with E-state index in [-0.39, 0.29) is 55.0 Å². The van der Waals surface area contributed by atoms with Crippen molar-refractivity contribution < 1.29 is 58.6 Å². The van der Waals surface area contributed by atoms with Crippen molar-refractivity contribution in [2.24, 2.45) is 0 Å². The van der Waals surface area contributed by atoms with E-state index in [9.17, 15) is 14.7 Å². The number of nitrogens with zero attached hydrogens (tertiary/aromatic N) is 1. The van der Waals surface area contributed by atoms with Crippen molar-refractivity contribution in [2.75, 3.05) is 13.2 Å². The maximum atomic E-state index is 11.8. The van der Waals surface area contributed by atoms with Crippen molar-refractivity contribution in [3.63, 3.8) is 0 Å². The Hall–Kier alpha value is -0.180. The van der Waals surface area contributed by atoms with Crippen molar-refractivity contribution in [3.05, 3.63) is 0 Å². The topological polar surface area (TPSA) is 88.1 Å². The Morgan fingerprint density at radius 2 is 2.25 bits per heavy atom. The summed E-state index contributed by atoms with van der Waals surface area (Å²) in [7, 11) is 0. The first kappa shape index (κ1) is 17.9. The number of carbonyl (C=O) groups excluding carboxylic acids is 2. The number of hydrogen-bond acceptors (Lipinski definition) is 6. The summed E-state index contributed by atoms with van der Waals surface area (Å²) in [6.07, 6.45) is 2.29. The van der Waals surface area contributed by atoms with Gasteiger partial charge in [0.15, 0.2) is 6.29 Å². The Morgan fingerprint density at radius 1 is 1.50 bits per heavy atom. The molecular weight excluding hydrogens is 277 g/mol. The van der Waals surface area contributed by atoms with Crippen molar-refractivity contribution >= 4 is 11.9 Å². The average Bonchev–Trinajstić information content (AvgIpc) is 2.39. The first-order valence-corrected chi connectivity index (χ1v) is 6.51. The molecule has 2 heterocycles. The molecule has 0 bridgehead atoms. The minimum Gasteiger partial charge on any atom is -0.548 e. The Kier molecular flexibility index (Phi) is 7.42. The molecule has 0 radical (unpaired) electrons. The molecule has 0 saturated carbocycles. The summed E-state index contributed by atoms with van der Waals surface area (Å²) in [5.74, 6) is -1.76. The van der Waals surface area contributed by atoms with E-state index in [2.05, 4.69) is 0 Å². The fourth-order valence-corrected chi connectivity index (χ4v) is 2.12. The van der Waals surface area contributed by atoms with Gasteiger partial charge in [-0.25, -0.2) is 5.06 Å². The zero-order chi connectivity index (χ0) is 13.8. The molecule has 3 atom stereocenters. The Morgan fingerprint density at radius 3 is 2.80 bits per heavy atom. The Balaban J connectivity index is 0.00000200. The summed E-state index contributed by atoms with van der Waals surface area (Å²) in [5.41, 5.74) is 0. The van der Waals surface area contributed by atoms with Gasteiger partial charge in [-0.2, -0.15) is 0 Å². The SMILES string of the molecule is CC(C(=O)[O-])N1OCC(OC2CCCCO2)CC1=O.[Na+]. The van der Waals surface area contributed by atoms with Crippen molar-refractivity contribution in [3.8, 4) is 0 Å². The van der Waals surface area contributed by atoms with Crippen LogP contribution in [0.25, 0.3) is 0 Å². The molecule has 108 valence electrons. The molecule has 0 aromatic rings. The number of carboxylic acid groups (broad SMARTS) is 1. The zero-order valence-electron chi connectivity index (χ0n) is 11.9. The first-order valence-electron chi connectivity index (χ1n) is 6.51. The number of aliphatic carboxylic acids is 1. The molecule has 0 aliphatic carbocycles. The van der Waals surface area contributed by atoms with Crippen LogP contribution in [0.3, 0.4) is 0 Å². The van der Waals surface area contributed by atoms with Crippen LogP contribution in [0.5, 0.6) is 0 Å². The van der Waals surface area contributed by atoms with Gasteiger partial charge in [0.05, 0.1) is 24.5 Å². The van der Waals surface area contributed by atoms with Crippen LogP contribution in [0.2, 0.25) is 0 Å². The number of carbonyl (C=O) groups is 2. The molecule has 2 rings (SSSR count). The summed E-state index contributed by atoms with van der Waals surface area (Å²) >= 11 is 0. The monoisotopic (exact) mass is 295 g/mol. The minimum absolute atomic E-state index is 0. The molecule has 2 fully saturated rings. The number of ether oxygens (including phenoxy) is 2. The van der Waals surface area contributed by atoms with E-state index >= 15 is 0 Å². The van der Waals surface area contributed by atoms with Gasteiger partial charge in [0.2, 0.25) is 5.91 Å². The molecule has 8 heteroatoms. The molecule has 0 aromatic heterocycles. The van der Waals surface area contributed by atoms with Gasteiger partial charge < -0.3 is 19.4 Å². The fourth-order valence-electron chi connectivity index (χ4n) is 2.12. The van der Waals surface area contributed by atoms with Crippen LogP contribution < -0.4 is 34.7 Å². The van der Waals surface area contributed by atoms with Crippen LogP contribution in [0, 0.1) is 0 Å². The molecule has 20 heavy (non-hydrogen) atoms. The molecule has 0 N–H and O–H groups in total.